The average Bonchev–Trinajstić information content (AvgIpc) is 3.23. The zero-order valence-electron chi connectivity index (χ0n) is 16.5. The van der Waals surface area contributed by atoms with E-state index in [0.717, 1.165) is 48.7 Å². The monoisotopic (exact) mass is 407 g/mol. The first kappa shape index (κ1) is 20.4. The van der Waals surface area contributed by atoms with Crippen LogP contribution in [0.3, 0.4) is 0 Å². The molecule has 1 amide bonds. The van der Waals surface area contributed by atoms with Crippen molar-refractivity contribution < 1.29 is 4.79 Å². The first-order valence-electron chi connectivity index (χ1n) is 10.1. The quantitative estimate of drug-likeness (QED) is 0.357. The number of carbonyl (C=O) groups is 1. The number of unbranched alkanes of at least 4 members (excludes halogenated alkanes) is 2. The standard InChI is InChI=1S/C20H29N3O2S2/c1-4-7-8-12-23-19(25)17-14-10-9-11-15(14)27-18(17)21-20(23)26-13-16(24)22(5-2)6-3/h4-13H2,1-3H3. The van der Waals surface area contributed by atoms with Crippen LogP contribution in [0.2, 0.25) is 0 Å². The van der Waals surface area contributed by atoms with Crippen LogP contribution >= 0.6 is 23.1 Å². The summed E-state index contributed by atoms with van der Waals surface area (Å²) in [5, 5.41) is 1.53. The molecule has 0 bridgehead atoms. The van der Waals surface area contributed by atoms with Crippen molar-refractivity contribution in [1.82, 2.24) is 14.5 Å². The van der Waals surface area contributed by atoms with Crippen LogP contribution in [0.4, 0.5) is 0 Å². The lowest BCUT2D eigenvalue weighted by atomic mass is 10.2. The third-order valence-electron chi connectivity index (χ3n) is 5.22. The maximum atomic E-state index is 13.3. The summed E-state index contributed by atoms with van der Waals surface area (Å²) in [6.07, 6.45) is 6.37. The Morgan fingerprint density at radius 2 is 2.00 bits per heavy atom. The van der Waals surface area contributed by atoms with Gasteiger partial charge >= 0.3 is 0 Å². The third kappa shape index (κ3) is 4.24. The summed E-state index contributed by atoms with van der Waals surface area (Å²) < 4.78 is 1.82. The molecule has 148 valence electrons. The Bertz CT molecular complexity index is 868. The fourth-order valence-electron chi connectivity index (χ4n) is 3.68. The number of aryl methyl sites for hydroxylation is 2. The van der Waals surface area contributed by atoms with Crippen molar-refractivity contribution in [2.24, 2.45) is 0 Å². The number of amides is 1. The Kier molecular flexibility index (Phi) is 6.98. The van der Waals surface area contributed by atoms with Crippen molar-refractivity contribution in [1.29, 1.82) is 0 Å². The number of aromatic nitrogens is 2. The molecule has 0 N–H and O–H groups in total. The molecule has 2 aromatic rings. The lowest BCUT2D eigenvalue weighted by Crippen LogP contribution is -2.32. The highest BCUT2D eigenvalue weighted by Gasteiger charge is 2.23. The van der Waals surface area contributed by atoms with Crippen molar-refractivity contribution >= 4 is 39.2 Å². The molecule has 27 heavy (non-hydrogen) atoms. The predicted molar refractivity (Wildman–Crippen MR) is 114 cm³/mol. The van der Waals surface area contributed by atoms with E-state index in [1.807, 2.05) is 23.3 Å². The molecule has 0 aromatic carbocycles. The fourth-order valence-corrected chi connectivity index (χ4v) is 5.91. The number of hydrogen-bond acceptors (Lipinski definition) is 5. The maximum Gasteiger partial charge on any atom is 0.263 e. The molecule has 0 fully saturated rings. The molecule has 2 heterocycles. The van der Waals surface area contributed by atoms with Crippen LogP contribution in [0, 0.1) is 0 Å². The number of nitrogens with zero attached hydrogens (tertiary/aromatic N) is 3. The summed E-state index contributed by atoms with van der Waals surface area (Å²) >= 11 is 3.08. The summed E-state index contributed by atoms with van der Waals surface area (Å²) in [4.78, 5) is 34.5. The van der Waals surface area contributed by atoms with E-state index in [0.29, 0.717) is 30.5 Å². The topological polar surface area (TPSA) is 55.2 Å². The molecule has 0 aliphatic heterocycles. The molecule has 7 heteroatoms. The number of rotatable bonds is 9. The van der Waals surface area contributed by atoms with Gasteiger partial charge in [-0.05, 0) is 45.1 Å². The molecule has 3 rings (SSSR count). The van der Waals surface area contributed by atoms with Crippen LogP contribution in [0.1, 0.15) is 56.9 Å². The molecule has 2 aromatic heterocycles. The average molecular weight is 408 g/mol. The van der Waals surface area contributed by atoms with Gasteiger partial charge in [-0.1, -0.05) is 31.5 Å². The van der Waals surface area contributed by atoms with E-state index in [4.69, 9.17) is 4.98 Å². The number of fused-ring (bicyclic) bond motifs is 3. The minimum atomic E-state index is 0.0910. The van der Waals surface area contributed by atoms with Gasteiger partial charge in [-0.15, -0.1) is 11.3 Å². The second kappa shape index (κ2) is 9.24. The number of hydrogen-bond donors (Lipinski definition) is 0. The Morgan fingerprint density at radius 1 is 1.22 bits per heavy atom. The molecule has 0 radical (unpaired) electrons. The van der Waals surface area contributed by atoms with Gasteiger partial charge in [0.1, 0.15) is 4.83 Å². The van der Waals surface area contributed by atoms with Crippen LogP contribution in [0.25, 0.3) is 10.2 Å². The SMILES string of the molecule is CCCCCn1c(SCC(=O)N(CC)CC)nc2sc3c(c2c1=O)CCC3. The van der Waals surface area contributed by atoms with Crippen LogP contribution in [-0.2, 0) is 24.2 Å². The second-order valence-electron chi connectivity index (χ2n) is 6.95. The Morgan fingerprint density at radius 3 is 2.70 bits per heavy atom. The highest BCUT2D eigenvalue weighted by molar-refractivity contribution is 7.99. The van der Waals surface area contributed by atoms with Crippen molar-refractivity contribution in [3.05, 3.63) is 20.8 Å². The van der Waals surface area contributed by atoms with Gasteiger partial charge in [0.05, 0.1) is 11.1 Å². The lowest BCUT2D eigenvalue weighted by Gasteiger charge is -2.18. The van der Waals surface area contributed by atoms with Gasteiger partial charge in [0.25, 0.3) is 5.56 Å². The van der Waals surface area contributed by atoms with E-state index in [1.165, 1.54) is 22.2 Å². The fraction of sp³-hybridized carbons (Fsp3) is 0.650. The van der Waals surface area contributed by atoms with Crippen molar-refractivity contribution in [3.63, 3.8) is 0 Å². The highest BCUT2D eigenvalue weighted by Crippen LogP contribution is 2.35. The molecular formula is C20H29N3O2S2. The Labute approximate surface area is 169 Å². The van der Waals surface area contributed by atoms with E-state index in [9.17, 15) is 9.59 Å². The number of thioether (sulfide) groups is 1. The maximum absolute atomic E-state index is 13.3. The lowest BCUT2D eigenvalue weighted by molar-refractivity contribution is -0.127. The third-order valence-corrected chi connectivity index (χ3v) is 7.36. The first-order valence-corrected chi connectivity index (χ1v) is 11.9. The molecule has 0 unspecified atom stereocenters. The van der Waals surface area contributed by atoms with Gasteiger partial charge in [0.2, 0.25) is 5.91 Å². The Hall–Kier alpha value is -1.34. The number of thiophene rings is 1. The minimum Gasteiger partial charge on any atom is -0.343 e. The van der Waals surface area contributed by atoms with Gasteiger partial charge in [-0.3, -0.25) is 14.2 Å². The van der Waals surface area contributed by atoms with Gasteiger partial charge in [0.15, 0.2) is 5.16 Å². The van der Waals surface area contributed by atoms with Crippen LogP contribution < -0.4 is 5.56 Å². The second-order valence-corrected chi connectivity index (χ2v) is 8.98. The highest BCUT2D eigenvalue weighted by atomic mass is 32.2. The molecule has 1 aliphatic carbocycles. The van der Waals surface area contributed by atoms with Crippen molar-refractivity contribution in [3.8, 4) is 0 Å². The zero-order valence-corrected chi connectivity index (χ0v) is 18.2. The Balaban J connectivity index is 1.93. The largest absolute Gasteiger partial charge is 0.343 e. The number of carbonyl (C=O) groups excluding carboxylic acids is 1. The summed E-state index contributed by atoms with van der Waals surface area (Å²) in [5.41, 5.74) is 1.32. The van der Waals surface area contributed by atoms with Crippen LogP contribution in [0.5, 0.6) is 0 Å². The molecule has 0 atom stereocenters. The van der Waals surface area contributed by atoms with Crippen molar-refractivity contribution in [2.75, 3.05) is 18.8 Å². The normalized spacial score (nSPS) is 13.3. The van der Waals surface area contributed by atoms with Gasteiger partial charge in [0, 0.05) is 24.5 Å². The predicted octanol–water partition coefficient (Wildman–Crippen LogP) is 4.10. The minimum absolute atomic E-state index is 0.0910. The summed E-state index contributed by atoms with van der Waals surface area (Å²) in [6.45, 7) is 8.25. The van der Waals surface area contributed by atoms with Crippen molar-refractivity contribution in [2.45, 2.75) is 71.0 Å². The molecule has 1 aliphatic rings. The zero-order chi connectivity index (χ0) is 19.4. The summed E-state index contributed by atoms with van der Waals surface area (Å²) in [6, 6.07) is 0. The van der Waals surface area contributed by atoms with E-state index >= 15 is 0 Å². The molecule has 0 saturated heterocycles. The molecule has 5 nitrogen and oxygen atoms in total. The van der Waals surface area contributed by atoms with E-state index in [-0.39, 0.29) is 11.5 Å². The first-order chi connectivity index (χ1) is 13.1. The van der Waals surface area contributed by atoms with E-state index in [1.54, 1.807) is 11.3 Å². The summed E-state index contributed by atoms with van der Waals surface area (Å²) in [5.74, 6) is 0.437. The summed E-state index contributed by atoms with van der Waals surface area (Å²) in [7, 11) is 0. The van der Waals surface area contributed by atoms with E-state index in [2.05, 4.69) is 6.92 Å². The van der Waals surface area contributed by atoms with Gasteiger partial charge < -0.3 is 4.90 Å². The van der Waals surface area contributed by atoms with E-state index < -0.39 is 0 Å². The molecule has 0 saturated carbocycles. The van der Waals surface area contributed by atoms with Gasteiger partial charge in [-0.2, -0.15) is 0 Å². The molecular weight excluding hydrogens is 378 g/mol. The van der Waals surface area contributed by atoms with Gasteiger partial charge in [-0.25, -0.2) is 4.98 Å². The van der Waals surface area contributed by atoms with Crippen LogP contribution in [-0.4, -0.2) is 39.2 Å². The van der Waals surface area contributed by atoms with Crippen LogP contribution in [0.15, 0.2) is 9.95 Å². The molecule has 0 spiro atoms. The smallest absolute Gasteiger partial charge is 0.263 e.